The molecular weight excluding hydrogens is 430 g/mol. The molecule has 0 bridgehead atoms. The molecule has 3 unspecified atom stereocenters. The number of likely N-dealkylation sites (N-methyl/N-ethyl adjacent to an activating group) is 1. The van der Waals surface area contributed by atoms with Crippen LogP contribution >= 0.6 is 11.9 Å². The summed E-state index contributed by atoms with van der Waals surface area (Å²) in [6.07, 6.45) is 4.58. The van der Waals surface area contributed by atoms with Gasteiger partial charge in [-0.05, 0) is 43.0 Å². The first-order chi connectivity index (χ1) is 15.5. The van der Waals surface area contributed by atoms with Gasteiger partial charge in [-0.15, -0.1) is 0 Å². The van der Waals surface area contributed by atoms with Crippen LogP contribution in [0.3, 0.4) is 0 Å². The largest absolute Gasteiger partial charge is 0.371 e. The molecule has 1 saturated carbocycles. The molecule has 1 N–H and O–H groups in total. The Morgan fingerprint density at radius 1 is 1.12 bits per heavy atom. The molecule has 1 aliphatic carbocycles. The second-order valence-corrected chi connectivity index (χ2v) is 9.90. The van der Waals surface area contributed by atoms with Crippen molar-refractivity contribution in [2.45, 2.75) is 55.0 Å². The first-order valence-corrected chi connectivity index (χ1v) is 12.0. The number of benzene rings is 2. The summed E-state index contributed by atoms with van der Waals surface area (Å²) in [7, 11) is 1.81. The van der Waals surface area contributed by atoms with Gasteiger partial charge in [0.05, 0.1) is 19.2 Å². The van der Waals surface area contributed by atoms with Crippen molar-refractivity contribution in [2.75, 3.05) is 20.2 Å². The molecule has 3 aliphatic rings. The van der Waals surface area contributed by atoms with Gasteiger partial charge < -0.3 is 9.53 Å². The van der Waals surface area contributed by atoms with Crippen LogP contribution < -0.4 is 4.72 Å². The number of alkyl halides is 2. The first kappa shape index (κ1) is 23.4. The van der Waals surface area contributed by atoms with Crippen molar-refractivity contribution in [1.29, 1.82) is 0 Å². The minimum atomic E-state index is -2.70. The molecule has 0 spiro atoms. The summed E-state index contributed by atoms with van der Waals surface area (Å²) < 4.78 is 36.8. The zero-order valence-corrected chi connectivity index (χ0v) is 19.1. The van der Waals surface area contributed by atoms with E-state index in [4.69, 9.17) is 4.74 Å². The van der Waals surface area contributed by atoms with Gasteiger partial charge in [0.2, 0.25) is 0 Å². The van der Waals surface area contributed by atoms with Crippen molar-refractivity contribution in [3.05, 3.63) is 60.2 Å². The maximum absolute atomic E-state index is 14.5. The molecule has 2 aromatic rings. The molecule has 2 aliphatic heterocycles. The normalized spacial score (nSPS) is 26.7. The summed E-state index contributed by atoms with van der Waals surface area (Å²) in [5.74, 6) is -2.70. The number of nitrogens with one attached hydrogen (secondary N) is 1. The Balaban J connectivity index is 0.000000354. The highest BCUT2D eigenvalue weighted by Crippen LogP contribution is 2.38. The van der Waals surface area contributed by atoms with Crippen LogP contribution in [-0.4, -0.2) is 60.7 Å². The zero-order valence-electron chi connectivity index (χ0n) is 18.3. The predicted octanol–water partition coefficient (Wildman–Crippen LogP) is 4.59. The number of carbonyl (C=O) groups excluding carboxylic acids is 1. The van der Waals surface area contributed by atoms with E-state index in [-0.39, 0.29) is 18.7 Å². The predicted molar refractivity (Wildman–Crippen MR) is 125 cm³/mol. The average Bonchev–Trinajstić information content (AvgIpc) is 3.54. The van der Waals surface area contributed by atoms with Crippen LogP contribution in [0.1, 0.15) is 24.8 Å². The summed E-state index contributed by atoms with van der Waals surface area (Å²) in [4.78, 5) is 11.5. The smallest absolute Gasteiger partial charge is 0.277 e. The van der Waals surface area contributed by atoms with Gasteiger partial charge in [-0.3, -0.25) is 9.62 Å². The fraction of sp³-hybridized carbons (Fsp3) is 0.480. The van der Waals surface area contributed by atoms with Gasteiger partial charge in [0.15, 0.2) is 0 Å². The third-order valence-electron chi connectivity index (χ3n) is 6.12. The number of carbonyl (C=O) groups is 1. The Morgan fingerprint density at radius 3 is 2.44 bits per heavy atom. The molecule has 2 heterocycles. The number of hydrogen-bond acceptors (Lipinski definition) is 5. The minimum absolute atomic E-state index is 0.0648. The van der Waals surface area contributed by atoms with Gasteiger partial charge in [-0.1, -0.05) is 66.5 Å². The fourth-order valence-electron chi connectivity index (χ4n) is 3.99. The number of rotatable bonds is 7. The molecule has 172 valence electrons. The summed E-state index contributed by atoms with van der Waals surface area (Å²) in [5.41, 5.74) is 3.38. The van der Waals surface area contributed by atoms with Crippen molar-refractivity contribution >= 4 is 18.2 Å². The lowest BCUT2D eigenvalue weighted by molar-refractivity contribution is -0.129. The van der Waals surface area contributed by atoms with Crippen LogP contribution in [0.2, 0.25) is 0 Å². The average molecular weight is 461 g/mol. The SMILES string of the molecule is CN1CC(F)(F)C(NSC2CC2)C1Cc1cccc(-c2ccccc2)c1.O=CC1CCO1. The molecule has 2 saturated heterocycles. The Hall–Kier alpha value is -1.80. The lowest BCUT2D eigenvalue weighted by Gasteiger charge is -2.26. The van der Waals surface area contributed by atoms with Crippen molar-refractivity contribution in [2.24, 2.45) is 0 Å². The van der Waals surface area contributed by atoms with Gasteiger partial charge in [0.1, 0.15) is 12.4 Å². The van der Waals surface area contributed by atoms with E-state index >= 15 is 0 Å². The van der Waals surface area contributed by atoms with Crippen LogP contribution in [0.25, 0.3) is 11.1 Å². The number of hydrogen-bond donors (Lipinski definition) is 1. The monoisotopic (exact) mass is 460 g/mol. The van der Waals surface area contributed by atoms with Gasteiger partial charge >= 0.3 is 0 Å². The van der Waals surface area contributed by atoms with E-state index in [0.717, 1.165) is 48.8 Å². The van der Waals surface area contributed by atoms with Crippen molar-refractivity contribution in [3.8, 4) is 11.1 Å². The molecule has 0 radical (unpaired) electrons. The second-order valence-electron chi connectivity index (χ2n) is 8.76. The lowest BCUT2D eigenvalue weighted by Crippen LogP contribution is -2.47. The molecular formula is C25H30F2N2O2S. The second kappa shape index (κ2) is 10.4. The first-order valence-electron chi connectivity index (χ1n) is 11.2. The maximum Gasteiger partial charge on any atom is 0.277 e. The maximum atomic E-state index is 14.5. The van der Waals surface area contributed by atoms with E-state index in [9.17, 15) is 13.6 Å². The van der Waals surface area contributed by atoms with Gasteiger partial charge in [-0.25, -0.2) is 8.78 Å². The number of likely N-dealkylation sites (tertiary alicyclic amines) is 1. The standard InChI is InChI=1S/C21H24F2N2S.C4H6O2/c1-25-14-21(22,23)20(24-26-18-10-11-18)19(25)13-15-6-5-9-17(12-15)16-7-3-2-4-8-16;5-3-4-1-2-6-4/h2-9,12,18-20,24H,10-11,13-14H2,1H3;3-4H,1-2H2. The number of aldehydes is 1. The van der Waals surface area contributed by atoms with Crippen LogP contribution in [-0.2, 0) is 16.0 Å². The van der Waals surface area contributed by atoms with E-state index in [2.05, 4.69) is 29.0 Å². The molecule has 3 atom stereocenters. The third kappa shape index (κ3) is 5.95. The topological polar surface area (TPSA) is 41.6 Å². The molecule has 32 heavy (non-hydrogen) atoms. The fourth-order valence-corrected chi connectivity index (χ4v) is 5.03. The Kier molecular flexibility index (Phi) is 7.61. The van der Waals surface area contributed by atoms with Crippen LogP contribution in [0.4, 0.5) is 8.78 Å². The van der Waals surface area contributed by atoms with Gasteiger partial charge in [0, 0.05) is 17.7 Å². The van der Waals surface area contributed by atoms with Gasteiger partial charge in [0.25, 0.3) is 5.92 Å². The summed E-state index contributed by atoms with van der Waals surface area (Å²) in [6.45, 7) is 0.586. The van der Waals surface area contributed by atoms with Crippen LogP contribution in [0, 0.1) is 0 Å². The molecule has 0 amide bonds. The Morgan fingerprint density at radius 2 is 1.84 bits per heavy atom. The van der Waals surface area contributed by atoms with Crippen LogP contribution in [0.15, 0.2) is 54.6 Å². The highest BCUT2D eigenvalue weighted by Gasteiger charge is 2.53. The van der Waals surface area contributed by atoms with E-state index in [1.54, 1.807) is 4.90 Å². The summed E-state index contributed by atoms with van der Waals surface area (Å²) in [6, 6.07) is 17.4. The quantitative estimate of drug-likeness (QED) is 0.484. The van der Waals surface area contributed by atoms with Crippen molar-refractivity contribution < 1.29 is 18.3 Å². The number of ether oxygens (including phenoxy) is 1. The molecule has 3 fully saturated rings. The highest BCUT2D eigenvalue weighted by molar-refractivity contribution is 7.98. The van der Waals surface area contributed by atoms with Crippen LogP contribution in [0.5, 0.6) is 0 Å². The van der Waals surface area contributed by atoms with Gasteiger partial charge in [-0.2, -0.15) is 0 Å². The zero-order chi connectivity index (χ0) is 22.6. The van der Waals surface area contributed by atoms with E-state index in [1.807, 2.05) is 37.4 Å². The molecule has 0 aromatic heterocycles. The van der Waals surface area contributed by atoms with E-state index < -0.39 is 12.0 Å². The van der Waals surface area contributed by atoms with Crippen molar-refractivity contribution in [3.63, 3.8) is 0 Å². The molecule has 7 heteroatoms. The number of nitrogens with zero attached hydrogens (tertiary/aromatic N) is 1. The molecule has 4 nitrogen and oxygen atoms in total. The summed E-state index contributed by atoms with van der Waals surface area (Å²) >= 11 is 1.50. The Labute approximate surface area is 192 Å². The summed E-state index contributed by atoms with van der Waals surface area (Å²) in [5, 5.41) is 0.513. The lowest BCUT2D eigenvalue weighted by atomic mass is 9.96. The highest BCUT2D eigenvalue weighted by atomic mass is 32.2. The minimum Gasteiger partial charge on any atom is -0.371 e. The van der Waals surface area contributed by atoms with E-state index in [1.165, 1.54) is 11.9 Å². The molecule has 2 aromatic carbocycles. The number of halogens is 2. The Bertz CT molecular complexity index is 891. The van der Waals surface area contributed by atoms with E-state index in [0.29, 0.717) is 11.7 Å². The molecule has 5 rings (SSSR count). The third-order valence-corrected chi connectivity index (χ3v) is 7.31. The van der Waals surface area contributed by atoms with Crippen molar-refractivity contribution in [1.82, 2.24) is 9.62 Å².